The van der Waals surface area contributed by atoms with E-state index in [-0.39, 0.29) is 6.10 Å². The van der Waals surface area contributed by atoms with Crippen LogP contribution < -0.4 is 10.1 Å². The van der Waals surface area contributed by atoms with Gasteiger partial charge in [-0.2, -0.15) is 0 Å². The van der Waals surface area contributed by atoms with E-state index in [0.717, 1.165) is 37.8 Å². The molecule has 0 amide bonds. The van der Waals surface area contributed by atoms with Gasteiger partial charge in [0.25, 0.3) is 0 Å². The van der Waals surface area contributed by atoms with Crippen molar-refractivity contribution in [2.75, 3.05) is 19.8 Å². The van der Waals surface area contributed by atoms with Crippen LogP contribution in [0.5, 0.6) is 5.75 Å². The van der Waals surface area contributed by atoms with E-state index < -0.39 is 0 Å². The zero-order valence-electron chi connectivity index (χ0n) is 13.6. The van der Waals surface area contributed by atoms with Gasteiger partial charge in [0.1, 0.15) is 5.75 Å². The third-order valence-electron chi connectivity index (χ3n) is 3.72. The van der Waals surface area contributed by atoms with Crippen molar-refractivity contribution in [3.63, 3.8) is 0 Å². The first-order valence-electron chi connectivity index (χ1n) is 8.23. The van der Waals surface area contributed by atoms with Crippen LogP contribution >= 0.6 is 0 Å². The molecule has 1 saturated carbocycles. The second-order valence-electron chi connectivity index (χ2n) is 6.28. The van der Waals surface area contributed by atoms with Crippen molar-refractivity contribution in [3.05, 3.63) is 29.8 Å². The molecule has 0 bridgehead atoms. The standard InChI is InChI=1S/C18H29NO2/c1-14(2)21-18-9-7-17(8-10-18)15(3)19-11-4-12-20-13-16-5-6-16/h7-10,14-16,19H,4-6,11-13H2,1-3H3. The molecule has 0 spiro atoms. The van der Waals surface area contributed by atoms with Gasteiger partial charge in [-0.15, -0.1) is 0 Å². The summed E-state index contributed by atoms with van der Waals surface area (Å²) in [6.07, 6.45) is 4.03. The zero-order valence-corrected chi connectivity index (χ0v) is 13.6. The summed E-state index contributed by atoms with van der Waals surface area (Å²) in [5.74, 6) is 1.80. The van der Waals surface area contributed by atoms with E-state index in [9.17, 15) is 0 Å². The van der Waals surface area contributed by atoms with Gasteiger partial charge in [-0.3, -0.25) is 0 Å². The maximum atomic E-state index is 5.66. The summed E-state index contributed by atoms with van der Waals surface area (Å²) in [4.78, 5) is 0. The van der Waals surface area contributed by atoms with Gasteiger partial charge in [-0.25, -0.2) is 0 Å². The summed E-state index contributed by atoms with van der Waals surface area (Å²) in [5.41, 5.74) is 1.30. The molecule has 0 aromatic heterocycles. The van der Waals surface area contributed by atoms with Gasteiger partial charge < -0.3 is 14.8 Å². The molecule has 1 N–H and O–H groups in total. The maximum absolute atomic E-state index is 5.66. The van der Waals surface area contributed by atoms with Gasteiger partial charge in [0, 0.05) is 19.3 Å². The molecule has 1 atom stereocenters. The molecular formula is C18H29NO2. The van der Waals surface area contributed by atoms with Gasteiger partial charge in [0.2, 0.25) is 0 Å². The fourth-order valence-electron chi connectivity index (χ4n) is 2.25. The maximum Gasteiger partial charge on any atom is 0.119 e. The van der Waals surface area contributed by atoms with E-state index >= 15 is 0 Å². The first kappa shape index (κ1) is 16.3. The summed E-state index contributed by atoms with van der Waals surface area (Å²) in [6, 6.07) is 8.73. The molecule has 0 saturated heterocycles. The topological polar surface area (TPSA) is 30.5 Å². The highest BCUT2D eigenvalue weighted by molar-refractivity contribution is 5.29. The van der Waals surface area contributed by atoms with Crippen LogP contribution in [0.4, 0.5) is 0 Å². The Balaban J connectivity index is 1.61. The van der Waals surface area contributed by atoms with Crippen LogP contribution in [0.25, 0.3) is 0 Å². The number of benzene rings is 1. The van der Waals surface area contributed by atoms with Crippen LogP contribution in [0.2, 0.25) is 0 Å². The van der Waals surface area contributed by atoms with Crippen molar-refractivity contribution in [1.82, 2.24) is 5.32 Å². The number of hydrogen-bond acceptors (Lipinski definition) is 3. The molecule has 1 aromatic carbocycles. The molecule has 21 heavy (non-hydrogen) atoms. The summed E-state index contributed by atoms with van der Waals surface area (Å²) < 4.78 is 11.3. The third kappa shape index (κ3) is 6.49. The Kier molecular flexibility index (Phi) is 6.52. The van der Waals surface area contributed by atoms with Crippen molar-refractivity contribution in [1.29, 1.82) is 0 Å². The Morgan fingerprint density at radius 2 is 1.86 bits per heavy atom. The molecule has 1 aliphatic rings. The third-order valence-corrected chi connectivity index (χ3v) is 3.72. The second kappa shape index (κ2) is 8.40. The van der Waals surface area contributed by atoms with Crippen LogP contribution in [0.3, 0.4) is 0 Å². The first-order valence-corrected chi connectivity index (χ1v) is 8.23. The molecule has 118 valence electrons. The van der Waals surface area contributed by atoms with E-state index in [1.165, 1.54) is 18.4 Å². The number of nitrogens with one attached hydrogen (secondary N) is 1. The summed E-state index contributed by atoms with van der Waals surface area (Å²) in [7, 11) is 0. The summed E-state index contributed by atoms with van der Waals surface area (Å²) >= 11 is 0. The molecule has 0 aliphatic heterocycles. The SMILES string of the molecule is CC(C)Oc1ccc(C(C)NCCCOCC2CC2)cc1. The largest absolute Gasteiger partial charge is 0.491 e. The molecule has 3 heteroatoms. The molecule has 1 aromatic rings. The molecule has 0 radical (unpaired) electrons. The highest BCUT2D eigenvalue weighted by Gasteiger charge is 2.20. The van der Waals surface area contributed by atoms with E-state index in [1.54, 1.807) is 0 Å². The summed E-state index contributed by atoms with van der Waals surface area (Å²) in [6.45, 7) is 9.12. The number of rotatable bonds is 10. The van der Waals surface area contributed by atoms with Gasteiger partial charge in [0.05, 0.1) is 6.10 Å². The average molecular weight is 291 g/mol. The lowest BCUT2D eigenvalue weighted by Gasteiger charge is -2.15. The number of ether oxygens (including phenoxy) is 2. The Hall–Kier alpha value is -1.06. The second-order valence-corrected chi connectivity index (χ2v) is 6.28. The zero-order chi connectivity index (χ0) is 15.1. The van der Waals surface area contributed by atoms with E-state index in [1.807, 2.05) is 26.0 Å². The van der Waals surface area contributed by atoms with Gasteiger partial charge in [0.15, 0.2) is 0 Å². The quantitative estimate of drug-likeness (QED) is 0.662. The first-order chi connectivity index (χ1) is 10.1. The van der Waals surface area contributed by atoms with E-state index in [2.05, 4.69) is 24.4 Å². The molecular weight excluding hydrogens is 262 g/mol. The monoisotopic (exact) mass is 291 g/mol. The lowest BCUT2D eigenvalue weighted by molar-refractivity contribution is 0.121. The van der Waals surface area contributed by atoms with Crippen molar-refractivity contribution in [3.8, 4) is 5.75 Å². The van der Waals surface area contributed by atoms with Crippen LogP contribution in [0, 0.1) is 5.92 Å². The van der Waals surface area contributed by atoms with Crippen LogP contribution in [0.1, 0.15) is 51.6 Å². The van der Waals surface area contributed by atoms with Crippen molar-refractivity contribution < 1.29 is 9.47 Å². The molecule has 1 unspecified atom stereocenters. The van der Waals surface area contributed by atoms with Crippen LogP contribution in [-0.4, -0.2) is 25.9 Å². The lowest BCUT2D eigenvalue weighted by atomic mass is 10.1. The fraction of sp³-hybridized carbons (Fsp3) is 0.667. The summed E-state index contributed by atoms with van der Waals surface area (Å²) in [5, 5.41) is 3.54. The predicted molar refractivity (Wildman–Crippen MR) is 86.8 cm³/mol. The molecule has 1 aliphatic carbocycles. The highest BCUT2D eigenvalue weighted by atomic mass is 16.5. The normalized spacial score (nSPS) is 16.2. The smallest absolute Gasteiger partial charge is 0.119 e. The molecule has 3 nitrogen and oxygen atoms in total. The van der Waals surface area contributed by atoms with Gasteiger partial charge >= 0.3 is 0 Å². The van der Waals surface area contributed by atoms with E-state index in [4.69, 9.17) is 9.47 Å². The molecule has 1 fully saturated rings. The van der Waals surface area contributed by atoms with Gasteiger partial charge in [-0.1, -0.05) is 12.1 Å². The highest BCUT2D eigenvalue weighted by Crippen LogP contribution is 2.28. The van der Waals surface area contributed by atoms with Crippen molar-refractivity contribution in [2.45, 2.75) is 52.2 Å². The average Bonchev–Trinajstić information content (AvgIpc) is 3.26. The molecule has 0 heterocycles. The van der Waals surface area contributed by atoms with Crippen molar-refractivity contribution in [2.24, 2.45) is 5.92 Å². The van der Waals surface area contributed by atoms with Crippen molar-refractivity contribution >= 4 is 0 Å². The van der Waals surface area contributed by atoms with Gasteiger partial charge in [-0.05, 0) is 70.2 Å². The fourth-order valence-corrected chi connectivity index (χ4v) is 2.25. The molecule has 2 rings (SSSR count). The predicted octanol–water partition coefficient (Wildman–Crippen LogP) is 3.94. The minimum absolute atomic E-state index is 0.224. The van der Waals surface area contributed by atoms with E-state index in [0.29, 0.717) is 6.04 Å². The van der Waals surface area contributed by atoms with Crippen LogP contribution in [-0.2, 0) is 4.74 Å². The lowest BCUT2D eigenvalue weighted by Crippen LogP contribution is -2.21. The Bertz CT molecular complexity index is 398. The van der Waals surface area contributed by atoms with Crippen LogP contribution in [0.15, 0.2) is 24.3 Å². The number of hydrogen-bond donors (Lipinski definition) is 1. The Labute approximate surface area is 129 Å². The minimum atomic E-state index is 0.224. The Morgan fingerprint density at radius 3 is 2.48 bits per heavy atom. The Morgan fingerprint density at radius 1 is 1.14 bits per heavy atom. The minimum Gasteiger partial charge on any atom is -0.491 e.